The Bertz CT molecular complexity index is 392. The number of carbonyl (C=O) groups excluding carboxylic acids is 1. The maximum atomic E-state index is 11.4. The molecule has 0 radical (unpaired) electrons. The Hall–Kier alpha value is -1.23. The Labute approximate surface area is 95.7 Å². The van der Waals surface area contributed by atoms with Gasteiger partial charge in [0.05, 0.1) is 4.83 Å². The summed E-state index contributed by atoms with van der Waals surface area (Å²) in [6, 6.07) is 5.30. The molecule has 1 aliphatic rings. The van der Waals surface area contributed by atoms with E-state index in [4.69, 9.17) is 9.47 Å². The largest absolute Gasteiger partial charge is 0.454 e. The highest BCUT2D eigenvalue weighted by molar-refractivity contribution is 9.10. The normalized spacial score (nSPS) is 14.8. The molecule has 5 heteroatoms. The number of nitrogens with one attached hydrogen (secondary N) is 1. The molecule has 2 rings (SSSR count). The molecule has 4 nitrogen and oxygen atoms in total. The van der Waals surface area contributed by atoms with Crippen molar-refractivity contribution in [3.05, 3.63) is 18.2 Å². The van der Waals surface area contributed by atoms with Crippen molar-refractivity contribution in [2.24, 2.45) is 0 Å². The molecule has 0 spiro atoms. The molecule has 15 heavy (non-hydrogen) atoms. The molecule has 1 amide bonds. The van der Waals surface area contributed by atoms with Crippen LogP contribution in [0.1, 0.15) is 6.92 Å². The molecular formula is C10H10BrNO3. The van der Waals surface area contributed by atoms with Crippen molar-refractivity contribution < 1.29 is 14.3 Å². The van der Waals surface area contributed by atoms with E-state index in [1.807, 2.05) is 0 Å². The Kier molecular flexibility index (Phi) is 2.81. The second kappa shape index (κ2) is 4.10. The number of amides is 1. The molecular weight excluding hydrogens is 262 g/mol. The predicted octanol–water partition coefficient (Wildman–Crippen LogP) is 2.14. The number of hydrogen-bond acceptors (Lipinski definition) is 3. The summed E-state index contributed by atoms with van der Waals surface area (Å²) in [5.41, 5.74) is 0.704. The van der Waals surface area contributed by atoms with Gasteiger partial charge in [0.15, 0.2) is 11.5 Å². The summed E-state index contributed by atoms with van der Waals surface area (Å²) >= 11 is 3.19. The fourth-order valence-electron chi connectivity index (χ4n) is 1.22. The van der Waals surface area contributed by atoms with E-state index in [1.165, 1.54) is 0 Å². The van der Waals surface area contributed by atoms with Gasteiger partial charge in [0, 0.05) is 11.8 Å². The van der Waals surface area contributed by atoms with Gasteiger partial charge in [-0.05, 0) is 19.1 Å². The summed E-state index contributed by atoms with van der Waals surface area (Å²) in [6.07, 6.45) is 0. The van der Waals surface area contributed by atoms with Crippen molar-refractivity contribution in [1.29, 1.82) is 0 Å². The Balaban J connectivity index is 2.13. The monoisotopic (exact) mass is 271 g/mol. The maximum Gasteiger partial charge on any atom is 0.237 e. The van der Waals surface area contributed by atoms with Crippen LogP contribution in [0.3, 0.4) is 0 Å². The molecule has 0 saturated heterocycles. The number of anilines is 1. The quantitative estimate of drug-likeness (QED) is 0.839. The predicted molar refractivity (Wildman–Crippen MR) is 59.6 cm³/mol. The lowest BCUT2D eigenvalue weighted by Gasteiger charge is -2.06. The number of alkyl halides is 1. The molecule has 0 unspecified atom stereocenters. The summed E-state index contributed by atoms with van der Waals surface area (Å²) in [6.45, 7) is 2.00. The zero-order valence-corrected chi connectivity index (χ0v) is 9.71. The highest BCUT2D eigenvalue weighted by Crippen LogP contribution is 2.34. The van der Waals surface area contributed by atoms with Crippen molar-refractivity contribution in [3.63, 3.8) is 0 Å². The minimum Gasteiger partial charge on any atom is -0.454 e. The molecule has 1 aliphatic heterocycles. The number of benzene rings is 1. The number of halogens is 1. The lowest BCUT2D eigenvalue weighted by atomic mass is 10.2. The van der Waals surface area contributed by atoms with Gasteiger partial charge in [-0.3, -0.25) is 4.79 Å². The van der Waals surface area contributed by atoms with Crippen LogP contribution in [0.4, 0.5) is 5.69 Å². The Morgan fingerprint density at radius 2 is 2.20 bits per heavy atom. The van der Waals surface area contributed by atoms with Crippen LogP contribution in [0, 0.1) is 0 Å². The van der Waals surface area contributed by atoms with E-state index in [0.29, 0.717) is 17.2 Å². The van der Waals surface area contributed by atoms with Gasteiger partial charge < -0.3 is 14.8 Å². The first-order chi connectivity index (χ1) is 7.16. The zero-order chi connectivity index (χ0) is 10.8. The lowest BCUT2D eigenvalue weighted by molar-refractivity contribution is -0.115. The third kappa shape index (κ3) is 2.23. The Morgan fingerprint density at radius 1 is 1.47 bits per heavy atom. The third-order valence-electron chi connectivity index (χ3n) is 2.00. The van der Waals surface area contributed by atoms with E-state index in [2.05, 4.69) is 21.2 Å². The van der Waals surface area contributed by atoms with Crippen LogP contribution in [0.25, 0.3) is 0 Å². The van der Waals surface area contributed by atoms with E-state index in [1.54, 1.807) is 25.1 Å². The third-order valence-corrected chi connectivity index (χ3v) is 2.42. The van der Waals surface area contributed by atoms with Crippen LogP contribution in [-0.4, -0.2) is 17.5 Å². The SMILES string of the molecule is C[C@@H](Br)C(=O)Nc1ccc2c(c1)OCO2. The van der Waals surface area contributed by atoms with Gasteiger partial charge in [-0.25, -0.2) is 0 Å². The van der Waals surface area contributed by atoms with Crippen LogP contribution < -0.4 is 14.8 Å². The Morgan fingerprint density at radius 3 is 2.93 bits per heavy atom. The van der Waals surface area contributed by atoms with Gasteiger partial charge in [-0.1, -0.05) is 15.9 Å². The average molecular weight is 272 g/mol. The van der Waals surface area contributed by atoms with Crippen molar-refractivity contribution >= 4 is 27.5 Å². The van der Waals surface area contributed by atoms with Gasteiger partial charge in [-0.2, -0.15) is 0 Å². The minimum absolute atomic E-state index is 0.0890. The fourth-order valence-corrected chi connectivity index (χ4v) is 1.33. The highest BCUT2D eigenvalue weighted by Gasteiger charge is 2.15. The van der Waals surface area contributed by atoms with E-state index in [9.17, 15) is 4.79 Å². The van der Waals surface area contributed by atoms with Crippen LogP contribution >= 0.6 is 15.9 Å². The van der Waals surface area contributed by atoms with Crippen LogP contribution in [-0.2, 0) is 4.79 Å². The number of carbonyl (C=O) groups is 1. The highest BCUT2D eigenvalue weighted by atomic mass is 79.9. The van der Waals surface area contributed by atoms with E-state index < -0.39 is 0 Å². The average Bonchev–Trinajstić information content (AvgIpc) is 2.64. The smallest absolute Gasteiger partial charge is 0.237 e. The van der Waals surface area contributed by atoms with Gasteiger partial charge in [0.1, 0.15) is 0 Å². The van der Waals surface area contributed by atoms with Crippen molar-refractivity contribution in [1.82, 2.24) is 0 Å². The van der Waals surface area contributed by atoms with Gasteiger partial charge in [0.25, 0.3) is 0 Å². The molecule has 0 aliphatic carbocycles. The summed E-state index contributed by atoms with van der Waals surface area (Å²) in [5, 5.41) is 2.75. The van der Waals surface area contributed by atoms with Crippen LogP contribution in [0.15, 0.2) is 18.2 Å². The molecule has 1 N–H and O–H groups in total. The lowest BCUT2D eigenvalue weighted by Crippen LogP contribution is -2.19. The number of ether oxygens (including phenoxy) is 2. The van der Waals surface area contributed by atoms with E-state index in [0.717, 1.165) is 0 Å². The second-order valence-electron chi connectivity index (χ2n) is 3.17. The molecule has 1 heterocycles. The molecule has 0 aromatic heterocycles. The zero-order valence-electron chi connectivity index (χ0n) is 8.12. The number of rotatable bonds is 2. The van der Waals surface area contributed by atoms with Crippen LogP contribution in [0.2, 0.25) is 0 Å². The minimum atomic E-state index is -0.220. The molecule has 0 fully saturated rings. The molecule has 1 aromatic rings. The number of hydrogen-bond donors (Lipinski definition) is 1. The van der Waals surface area contributed by atoms with E-state index >= 15 is 0 Å². The van der Waals surface area contributed by atoms with Gasteiger partial charge in [-0.15, -0.1) is 0 Å². The van der Waals surface area contributed by atoms with E-state index in [-0.39, 0.29) is 17.5 Å². The molecule has 1 aromatic carbocycles. The first kappa shape index (κ1) is 10.3. The first-order valence-corrected chi connectivity index (χ1v) is 5.43. The number of fused-ring (bicyclic) bond motifs is 1. The first-order valence-electron chi connectivity index (χ1n) is 4.51. The summed E-state index contributed by atoms with van der Waals surface area (Å²) in [5.74, 6) is 1.28. The summed E-state index contributed by atoms with van der Waals surface area (Å²) < 4.78 is 10.4. The fraction of sp³-hybridized carbons (Fsp3) is 0.300. The van der Waals surface area contributed by atoms with Crippen molar-refractivity contribution in [2.75, 3.05) is 12.1 Å². The molecule has 1 atom stereocenters. The topological polar surface area (TPSA) is 47.6 Å². The van der Waals surface area contributed by atoms with Gasteiger partial charge >= 0.3 is 0 Å². The summed E-state index contributed by atoms with van der Waals surface area (Å²) in [7, 11) is 0. The summed E-state index contributed by atoms with van der Waals surface area (Å²) in [4.78, 5) is 11.2. The maximum absolute atomic E-state index is 11.4. The van der Waals surface area contributed by atoms with Crippen molar-refractivity contribution in [2.45, 2.75) is 11.8 Å². The van der Waals surface area contributed by atoms with Crippen molar-refractivity contribution in [3.8, 4) is 11.5 Å². The second-order valence-corrected chi connectivity index (χ2v) is 4.55. The molecule has 80 valence electrons. The molecule has 0 saturated carbocycles. The molecule has 0 bridgehead atoms. The standard InChI is InChI=1S/C10H10BrNO3/c1-6(11)10(13)12-7-2-3-8-9(4-7)15-5-14-8/h2-4,6H,5H2,1H3,(H,12,13)/t6-/m1/s1. The van der Waals surface area contributed by atoms with Gasteiger partial charge in [0.2, 0.25) is 12.7 Å². The van der Waals surface area contributed by atoms with Crippen LogP contribution in [0.5, 0.6) is 11.5 Å².